The average Bonchev–Trinajstić information content (AvgIpc) is 3.16. The predicted molar refractivity (Wildman–Crippen MR) is 103 cm³/mol. The number of ether oxygens (including phenoxy) is 3. The van der Waals surface area contributed by atoms with E-state index in [0.29, 0.717) is 5.75 Å². The van der Waals surface area contributed by atoms with Crippen molar-refractivity contribution in [2.24, 2.45) is 0 Å². The summed E-state index contributed by atoms with van der Waals surface area (Å²) >= 11 is 3.39. The zero-order chi connectivity index (χ0) is 18.5. The first-order valence-corrected chi connectivity index (χ1v) is 9.31. The maximum absolute atomic E-state index is 12.7. The van der Waals surface area contributed by atoms with Crippen molar-refractivity contribution < 1.29 is 19.0 Å². The lowest BCUT2D eigenvalue weighted by Crippen LogP contribution is -2.34. The molecular formula is C20H22BrNO4. The first-order valence-electron chi connectivity index (χ1n) is 8.52. The molecule has 0 aromatic heterocycles. The number of hydrogen-bond acceptors (Lipinski definition) is 4. The summed E-state index contributed by atoms with van der Waals surface area (Å²) in [6.07, 6.45) is 1.87. The predicted octanol–water partition coefficient (Wildman–Crippen LogP) is 4.21. The number of halogens is 1. The Labute approximate surface area is 162 Å². The molecule has 26 heavy (non-hydrogen) atoms. The van der Waals surface area contributed by atoms with Gasteiger partial charge in [-0.2, -0.15) is 0 Å². The number of nitrogens with zero attached hydrogens (tertiary/aromatic N) is 1. The fourth-order valence-corrected chi connectivity index (χ4v) is 3.51. The van der Waals surface area contributed by atoms with Gasteiger partial charge in [-0.05, 0) is 49.2 Å². The van der Waals surface area contributed by atoms with Crippen LogP contribution in [0.4, 0.5) is 0 Å². The number of hydrogen-bond donors (Lipinski definition) is 0. The maximum atomic E-state index is 12.7. The molecule has 2 aromatic carbocycles. The topological polar surface area (TPSA) is 48.0 Å². The summed E-state index contributed by atoms with van der Waals surface area (Å²) in [6.45, 7) is 0.749. The summed E-state index contributed by atoms with van der Waals surface area (Å²) in [5.41, 5.74) is 1.00. The van der Waals surface area contributed by atoms with Crippen molar-refractivity contribution in [3.63, 3.8) is 0 Å². The lowest BCUT2D eigenvalue weighted by atomic mass is 10.0. The van der Waals surface area contributed by atoms with Crippen LogP contribution in [0.15, 0.2) is 46.9 Å². The van der Waals surface area contributed by atoms with E-state index in [-0.39, 0.29) is 18.6 Å². The number of amides is 1. The number of methoxy groups -OCH3 is 2. The maximum Gasteiger partial charge on any atom is 0.261 e. The lowest BCUT2D eigenvalue weighted by molar-refractivity contribution is -0.134. The van der Waals surface area contributed by atoms with Crippen molar-refractivity contribution in [1.29, 1.82) is 0 Å². The van der Waals surface area contributed by atoms with E-state index in [0.717, 1.165) is 40.9 Å². The van der Waals surface area contributed by atoms with Gasteiger partial charge >= 0.3 is 0 Å². The Morgan fingerprint density at radius 1 is 1.12 bits per heavy atom. The van der Waals surface area contributed by atoms with Crippen molar-refractivity contribution in [2.75, 3.05) is 27.4 Å². The number of benzene rings is 2. The molecule has 1 amide bonds. The Balaban J connectivity index is 1.71. The minimum atomic E-state index is -0.0201. The summed E-state index contributed by atoms with van der Waals surface area (Å²) < 4.78 is 17.4. The fraction of sp³-hybridized carbons (Fsp3) is 0.350. The summed E-state index contributed by atoms with van der Waals surface area (Å²) in [7, 11) is 3.26. The smallest absolute Gasteiger partial charge is 0.261 e. The molecule has 5 nitrogen and oxygen atoms in total. The van der Waals surface area contributed by atoms with E-state index in [2.05, 4.69) is 15.9 Å². The fourth-order valence-electron chi connectivity index (χ4n) is 3.24. The molecule has 0 unspecified atom stereocenters. The highest BCUT2D eigenvalue weighted by Gasteiger charge is 2.32. The highest BCUT2D eigenvalue weighted by Crippen LogP contribution is 2.38. The van der Waals surface area contributed by atoms with Crippen molar-refractivity contribution >= 4 is 21.8 Å². The zero-order valence-electron chi connectivity index (χ0n) is 14.9. The third-order valence-corrected chi connectivity index (χ3v) is 5.08. The van der Waals surface area contributed by atoms with Gasteiger partial charge < -0.3 is 19.1 Å². The minimum Gasteiger partial charge on any atom is -0.497 e. The summed E-state index contributed by atoms with van der Waals surface area (Å²) in [4.78, 5) is 14.6. The molecule has 138 valence electrons. The molecular weight excluding hydrogens is 398 g/mol. The second kappa shape index (κ2) is 8.45. The van der Waals surface area contributed by atoms with Gasteiger partial charge in [0.05, 0.1) is 20.3 Å². The van der Waals surface area contributed by atoms with Gasteiger partial charge in [-0.15, -0.1) is 0 Å². The molecule has 0 N–H and O–H groups in total. The number of carbonyl (C=O) groups excluding carboxylic acids is 1. The van der Waals surface area contributed by atoms with Gasteiger partial charge in [-0.1, -0.05) is 15.9 Å². The van der Waals surface area contributed by atoms with Crippen LogP contribution in [0, 0.1) is 0 Å². The van der Waals surface area contributed by atoms with Gasteiger partial charge in [0.15, 0.2) is 6.61 Å². The first-order chi connectivity index (χ1) is 12.6. The van der Waals surface area contributed by atoms with Crippen molar-refractivity contribution in [1.82, 2.24) is 4.90 Å². The summed E-state index contributed by atoms with van der Waals surface area (Å²) in [5.74, 6) is 2.13. The molecule has 1 atom stereocenters. The van der Waals surface area contributed by atoms with E-state index in [1.165, 1.54) is 0 Å². The molecule has 1 saturated heterocycles. The quantitative estimate of drug-likeness (QED) is 0.703. The van der Waals surface area contributed by atoms with Gasteiger partial charge in [0.1, 0.15) is 17.2 Å². The molecule has 6 heteroatoms. The molecule has 1 aliphatic rings. The Morgan fingerprint density at radius 2 is 1.85 bits per heavy atom. The highest BCUT2D eigenvalue weighted by molar-refractivity contribution is 9.10. The van der Waals surface area contributed by atoms with Crippen LogP contribution in [0.25, 0.3) is 0 Å². The molecule has 1 aliphatic heterocycles. The van der Waals surface area contributed by atoms with Crippen LogP contribution in [0.5, 0.6) is 17.2 Å². The summed E-state index contributed by atoms with van der Waals surface area (Å²) in [6, 6.07) is 13.2. The molecule has 0 aliphatic carbocycles. The van der Waals surface area contributed by atoms with E-state index in [1.807, 2.05) is 47.4 Å². The molecule has 3 rings (SSSR count). The van der Waals surface area contributed by atoms with Gasteiger partial charge in [-0.3, -0.25) is 4.79 Å². The van der Waals surface area contributed by atoms with Gasteiger partial charge in [-0.25, -0.2) is 0 Å². The van der Waals surface area contributed by atoms with E-state index in [9.17, 15) is 4.79 Å². The van der Waals surface area contributed by atoms with Crippen LogP contribution in [-0.2, 0) is 4.79 Å². The van der Waals surface area contributed by atoms with E-state index >= 15 is 0 Å². The molecule has 0 radical (unpaired) electrons. The van der Waals surface area contributed by atoms with Crippen LogP contribution in [0.2, 0.25) is 0 Å². The molecule has 0 bridgehead atoms. The van der Waals surface area contributed by atoms with Crippen molar-refractivity contribution in [2.45, 2.75) is 18.9 Å². The SMILES string of the molecule is COc1ccc([C@@H]2CCCN2C(=O)COc2ccc(Br)cc2)c(OC)c1. The molecule has 1 heterocycles. The van der Waals surface area contributed by atoms with Crippen molar-refractivity contribution in [3.8, 4) is 17.2 Å². The van der Waals surface area contributed by atoms with Crippen LogP contribution in [-0.4, -0.2) is 38.2 Å². The van der Waals surface area contributed by atoms with Gasteiger partial charge in [0, 0.05) is 22.6 Å². The molecule has 1 fully saturated rings. The second-order valence-electron chi connectivity index (χ2n) is 6.10. The van der Waals surface area contributed by atoms with E-state index in [1.54, 1.807) is 14.2 Å². The number of carbonyl (C=O) groups is 1. The van der Waals surface area contributed by atoms with Crippen LogP contribution >= 0.6 is 15.9 Å². The third-order valence-electron chi connectivity index (χ3n) is 4.55. The van der Waals surface area contributed by atoms with Gasteiger partial charge in [0.25, 0.3) is 5.91 Å². The zero-order valence-corrected chi connectivity index (χ0v) is 16.5. The van der Waals surface area contributed by atoms with Crippen LogP contribution in [0.1, 0.15) is 24.4 Å². The van der Waals surface area contributed by atoms with Gasteiger partial charge in [0.2, 0.25) is 0 Å². The standard InChI is InChI=1S/C20H22BrNO4/c1-24-16-9-10-17(19(12-16)25-2)18-4-3-11-22(18)20(23)13-26-15-7-5-14(21)6-8-15/h5-10,12,18H,3-4,11,13H2,1-2H3/t18-/m0/s1. The Kier molecular flexibility index (Phi) is 6.04. The number of likely N-dealkylation sites (tertiary alicyclic amines) is 1. The largest absolute Gasteiger partial charge is 0.497 e. The Hall–Kier alpha value is -2.21. The molecule has 0 spiro atoms. The first kappa shape index (κ1) is 18.6. The van der Waals surface area contributed by atoms with E-state index in [4.69, 9.17) is 14.2 Å². The lowest BCUT2D eigenvalue weighted by Gasteiger charge is -2.26. The van der Waals surface area contributed by atoms with Crippen LogP contribution < -0.4 is 14.2 Å². The third kappa shape index (κ3) is 4.12. The molecule has 2 aromatic rings. The average molecular weight is 420 g/mol. The van der Waals surface area contributed by atoms with E-state index < -0.39 is 0 Å². The highest BCUT2D eigenvalue weighted by atomic mass is 79.9. The monoisotopic (exact) mass is 419 g/mol. The normalized spacial score (nSPS) is 16.4. The molecule has 0 saturated carbocycles. The summed E-state index contributed by atoms with van der Waals surface area (Å²) in [5, 5.41) is 0. The van der Waals surface area contributed by atoms with Crippen LogP contribution in [0.3, 0.4) is 0 Å². The Bertz CT molecular complexity index is 763. The minimum absolute atomic E-state index is 0.00289. The number of rotatable bonds is 6. The van der Waals surface area contributed by atoms with Crippen molar-refractivity contribution in [3.05, 3.63) is 52.5 Å². The Morgan fingerprint density at radius 3 is 2.54 bits per heavy atom. The second-order valence-corrected chi connectivity index (χ2v) is 7.01.